The van der Waals surface area contributed by atoms with Gasteiger partial charge in [-0.1, -0.05) is 33.6 Å². The number of alkyl halides is 1. The van der Waals surface area contributed by atoms with Crippen LogP contribution in [0.25, 0.3) is 0 Å². The minimum Gasteiger partial charge on any atom is -0.374 e. The van der Waals surface area contributed by atoms with Gasteiger partial charge in [0.2, 0.25) is 0 Å². The molecule has 0 aliphatic heterocycles. The monoisotopic (exact) mass is 287 g/mol. The van der Waals surface area contributed by atoms with Gasteiger partial charge >= 0.3 is 0 Å². The molecule has 15 heavy (non-hydrogen) atoms. The van der Waals surface area contributed by atoms with E-state index in [0.717, 1.165) is 22.8 Å². The molecule has 1 aromatic rings. The Balaban J connectivity index is 2.20. The molecule has 82 valence electrons. The molecule has 3 heteroatoms. The van der Waals surface area contributed by atoms with Crippen molar-refractivity contribution in [1.82, 2.24) is 0 Å². The summed E-state index contributed by atoms with van der Waals surface area (Å²) in [6.07, 6.45) is 2.77. The summed E-state index contributed by atoms with van der Waals surface area (Å²) in [5.41, 5.74) is 2.45. The lowest BCUT2D eigenvalue weighted by Gasteiger charge is -2.22. The Hall–Kier alpha value is -0.210. The van der Waals surface area contributed by atoms with E-state index in [1.165, 1.54) is 24.1 Å². The highest BCUT2D eigenvalue weighted by Gasteiger charge is 2.23. The summed E-state index contributed by atoms with van der Waals surface area (Å²) in [5, 5.41) is 1.67. The molecule has 0 saturated heterocycles. The highest BCUT2D eigenvalue weighted by atomic mass is 79.9. The van der Waals surface area contributed by atoms with Crippen LogP contribution < -0.4 is 4.90 Å². The van der Waals surface area contributed by atoms with Gasteiger partial charge in [-0.2, -0.15) is 0 Å². The second-order valence-electron chi connectivity index (χ2n) is 4.20. The molecule has 0 amide bonds. The standard InChI is InChI=1S/C12H15BrClN/c1-15(8-9-5-6-9)12-4-2-3-11(14)10(12)7-13/h2-4,9H,5-8H2,1H3. The van der Waals surface area contributed by atoms with Crippen molar-refractivity contribution in [3.8, 4) is 0 Å². The van der Waals surface area contributed by atoms with Crippen LogP contribution in [0.3, 0.4) is 0 Å². The average molecular weight is 289 g/mol. The molecule has 0 heterocycles. The third-order valence-electron chi connectivity index (χ3n) is 2.87. The van der Waals surface area contributed by atoms with Crippen molar-refractivity contribution in [3.05, 3.63) is 28.8 Å². The zero-order chi connectivity index (χ0) is 10.8. The third-order valence-corrected chi connectivity index (χ3v) is 3.78. The molecule has 0 bridgehead atoms. The van der Waals surface area contributed by atoms with E-state index in [2.05, 4.69) is 33.9 Å². The highest BCUT2D eigenvalue weighted by Crippen LogP contribution is 2.34. The molecule has 1 saturated carbocycles. The summed E-state index contributed by atoms with van der Waals surface area (Å²) in [4.78, 5) is 2.32. The number of anilines is 1. The predicted molar refractivity (Wildman–Crippen MR) is 70.1 cm³/mol. The van der Waals surface area contributed by atoms with Crippen molar-refractivity contribution in [2.24, 2.45) is 5.92 Å². The topological polar surface area (TPSA) is 3.24 Å². The van der Waals surface area contributed by atoms with E-state index in [0.29, 0.717) is 0 Å². The summed E-state index contributed by atoms with van der Waals surface area (Å²) in [7, 11) is 2.15. The van der Waals surface area contributed by atoms with Gasteiger partial charge < -0.3 is 4.90 Å². The Morgan fingerprint density at radius 1 is 1.47 bits per heavy atom. The summed E-state index contributed by atoms with van der Waals surface area (Å²) >= 11 is 9.67. The molecular formula is C12H15BrClN. The summed E-state index contributed by atoms with van der Waals surface area (Å²) in [5.74, 6) is 0.900. The lowest BCUT2D eigenvalue weighted by Crippen LogP contribution is -2.21. The quantitative estimate of drug-likeness (QED) is 0.755. The predicted octanol–water partition coefficient (Wildman–Crippen LogP) is 4.08. The van der Waals surface area contributed by atoms with Crippen LogP contribution in [0.4, 0.5) is 5.69 Å². The fourth-order valence-corrected chi connectivity index (χ4v) is 2.81. The SMILES string of the molecule is CN(CC1CC1)c1cccc(Cl)c1CBr. The maximum Gasteiger partial charge on any atom is 0.0467 e. The summed E-state index contributed by atoms with van der Waals surface area (Å²) in [6.45, 7) is 1.15. The molecule has 1 aromatic carbocycles. The van der Waals surface area contributed by atoms with Gasteiger partial charge in [-0.3, -0.25) is 0 Å². The van der Waals surface area contributed by atoms with E-state index in [1.807, 2.05) is 12.1 Å². The van der Waals surface area contributed by atoms with Gasteiger partial charge in [0, 0.05) is 35.2 Å². The summed E-state index contributed by atoms with van der Waals surface area (Å²) < 4.78 is 0. The molecule has 1 fully saturated rings. The van der Waals surface area contributed by atoms with Crippen LogP contribution in [-0.4, -0.2) is 13.6 Å². The molecule has 0 N–H and O–H groups in total. The second-order valence-corrected chi connectivity index (χ2v) is 5.16. The van der Waals surface area contributed by atoms with Crippen molar-refractivity contribution < 1.29 is 0 Å². The van der Waals surface area contributed by atoms with Crippen LogP contribution in [-0.2, 0) is 5.33 Å². The first-order chi connectivity index (χ1) is 7.22. The Kier molecular flexibility index (Phi) is 3.57. The number of hydrogen-bond acceptors (Lipinski definition) is 1. The van der Waals surface area contributed by atoms with Gasteiger partial charge in [-0.25, -0.2) is 0 Å². The third kappa shape index (κ3) is 2.67. The number of rotatable bonds is 4. The molecule has 0 unspecified atom stereocenters. The van der Waals surface area contributed by atoms with E-state index in [9.17, 15) is 0 Å². The molecule has 0 radical (unpaired) electrons. The number of halogens is 2. The zero-order valence-electron chi connectivity index (χ0n) is 8.84. The van der Waals surface area contributed by atoms with Crippen LogP contribution in [0.5, 0.6) is 0 Å². The lowest BCUT2D eigenvalue weighted by molar-refractivity contribution is 0.785. The van der Waals surface area contributed by atoms with E-state index in [4.69, 9.17) is 11.6 Å². The first kappa shape index (κ1) is 11.3. The molecule has 2 rings (SSSR count). The Bertz CT molecular complexity index is 349. The Labute approximate surface area is 105 Å². The van der Waals surface area contributed by atoms with Crippen molar-refractivity contribution in [3.63, 3.8) is 0 Å². The van der Waals surface area contributed by atoms with Crippen LogP contribution in [0.15, 0.2) is 18.2 Å². The lowest BCUT2D eigenvalue weighted by atomic mass is 10.2. The Morgan fingerprint density at radius 3 is 2.80 bits per heavy atom. The summed E-state index contributed by atoms with van der Waals surface area (Å²) in [6, 6.07) is 6.12. The minimum absolute atomic E-state index is 0.816. The fourth-order valence-electron chi connectivity index (χ4n) is 1.82. The largest absolute Gasteiger partial charge is 0.374 e. The van der Waals surface area contributed by atoms with Gasteiger partial charge in [0.1, 0.15) is 0 Å². The van der Waals surface area contributed by atoms with Gasteiger partial charge in [0.05, 0.1) is 0 Å². The molecule has 0 aromatic heterocycles. The van der Waals surface area contributed by atoms with E-state index >= 15 is 0 Å². The van der Waals surface area contributed by atoms with Crippen molar-refractivity contribution in [2.45, 2.75) is 18.2 Å². The molecule has 0 spiro atoms. The highest BCUT2D eigenvalue weighted by molar-refractivity contribution is 9.08. The Morgan fingerprint density at radius 2 is 2.20 bits per heavy atom. The smallest absolute Gasteiger partial charge is 0.0467 e. The van der Waals surface area contributed by atoms with Crippen LogP contribution in [0, 0.1) is 5.92 Å². The molecule has 1 nitrogen and oxygen atoms in total. The normalized spacial score (nSPS) is 15.4. The second kappa shape index (κ2) is 4.75. The number of hydrogen-bond donors (Lipinski definition) is 0. The fraction of sp³-hybridized carbons (Fsp3) is 0.500. The van der Waals surface area contributed by atoms with Gasteiger partial charge in [0.25, 0.3) is 0 Å². The first-order valence-electron chi connectivity index (χ1n) is 5.27. The van der Waals surface area contributed by atoms with Gasteiger partial charge in [0.15, 0.2) is 0 Å². The molecule has 0 atom stereocenters. The van der Waals surface area contributed by atoms with Crippen molar-refractivity contribution >= 4 is 33.2 Å². The molecular weight excluding hydrogens is 273 g/mol. The van der Waals surface area contributed by atoms with Gasteiger partial charge in [-0.15, -0.1) is 0 Å². The minimum atomic E-state index is 0.816. The van der Waals surface area contributed by atoms with Crippen molar-refractivity contribution in [2.75, 3.05) is 18.5 Å². The van der Waals surface area contributed by atoms with Crippen LogP contribution in [0.2, 0.25) is 5.02 Å². The molecule has 1 aliphatic carbocycles. The maximum atomic E-state index is 6.17. The van der Waals surface area contributed by atoms with E-state index in [1.54, 1.807) is 0 Å². The number of nitrogens with zero attached hydrogens (tertiary/aromatic N) is 1. The average Bonchev–Trinajstić information content (AvgIpc) is 3.01. The van der Waals surface area contributed by atoms with Crippen LogP contribution in [0.1, 0.15) is 18.4 Å². The van der Waals surface area contributed by atoms with Crippen molar-refractivity contribution in [1.29, 1.82) is 0 Å². The maximum absolute atomic E-state index is 6.17. The number of benzene rings is 1. The van der Waals surface area contributed by atoms with Crippen LogP contribution >= 0.6 is 27.5 Å². The van der Waals surface area contributed by atoms with Gasteiger partial charge in [-0.05, 0) is 30.9 Å². The van der Waals surface area contributed by atoms with E-state index in [-0.39, 0.29) is 0 Å². The van der Waals surface area contributed by atoms with E-state index < -0.39 is 0 Å². The zero-order valence-corrected chi connectivity index (χ0v) is 11.2. The first-order valence-corrected chi connectivity index (χ1v) is 6.77. The molecule has 1 aliphatic rings.